The number of rotatable bonds is 3. The summed E-state index contributed by atoms with van der Waals surface area (Å²) in [6, 6.07) is 5.97. The molecule has 0 unspecified atom stereocenters. The highest BCUT2D eigenvalue weighted by atomic mass is 79.9. The molecule has 0 aliphatic rings. The van der Waals surface area contributed by atoms with Crippen molar-refractivity contribution >= 4 is 38.6 Å². The van der Waals surface area contributed by atoms with Crippen molar-refractivity contribution in [2.75, 3.05) is 0 Å². The summed E-state index contributed by atoms with van der Waals surface area (Å²) < 4.78 is 8.70. The molecule has 1 aromatic carbocycles. The van der Waals surface area contributed by atoms with Crippen LogP contribution in [0.1, 0.15) is 23.2 Å². The summed E-state index contributed by atoms with van der Waals surface area (Å²) in [4.78, 5) is 8.96. The zero-order valence-corrected chi connectivity index (χ0v) is 13.5. The summed E-state index contributed by atoms with van der Waals surface area (Å²) in [6.07, 6.45) is 0. The quantitative estimate of drug-likeness (QED) is 0.662. The topological polar surface area (TPSA) is 43.9 Å². The number of hydrogen-bond donors (Lipinski definition) is 0. The molecule has 2 heterocycles. The minimum absolute atomic E-state index is 0.352. The number of alkyl halides is 1. The summed E-state index contributed by atoms with van der Waals surface area (Å²) in [5, 5.41) is 0. The van der Waals surface area contributed by atoms with Gasteiger partial charge in [-0.05, 0) is 32.0 Å². The second-order valence-electron chi connectivity index (χ2n) is 4.63. The molecule has 0 spiro atoms. The summed E-state index contributed by atoms with van der Waals surface area (Å²) in [5.74, 6) is 2.68. The molecule has 0 amide bonds. The van der Waals surface area contributed by atoms with Gasteiger partial charge in [0.25, 0.3) is 0 Å². The molecule has 0 saturated carbocycles. The number of halogens is 2. The maximum atomic E-state index is 6.00. The molecule has 0 fully saturated rings. The number of aromatic nitrogens is 3. The highest BCUT2D eigenvalue weighted by Crippen LogP contribution is 2.23. The van der Waals surface area contributed by atoms with Gasteiger partial charge in [-0.25, -0.2) is 9.97 Å². The van der Waals surface area contributed by atoms with E-state index in [0.717, 1.165) is 32.8 Å². The van der Waals surface area contributed by atoms with E-state index in [1.165, 1.54) is 0 Å². The van der Waals surface area contributed by atoms with Crippen molar-refractivity contribution < 1.29 is 4.42 Å². The lowest BCUT2D eigenvalue weighted by atomic mass is 10.3. The van der Waals surface area contributed by atoms with Crippen LogP contribution in [0.4, 0.5) is 0 Å². The Bertz CT molecular complexity index is 759. The lowest BCUT2D eigenvalue weighted by molar-refractivity contribution is 0.457. The molecule has 20 heavy (non-hydrogen) atoms. The minimum atomic E-state index is 0.352. The Labute approximate surface area is 129 Å². The number of benzene rings is 1. The van der Waals surface area contributed by atoms with Crippen LogP contribution in [0.25, 0.3) is 11.0 Å². The van der Waals surface area contributed by atoms with E-state index in [4.69, 9.17) is 16.0 Å². The molecule has 3 aromatic rings. The fourth-order valence-corrected chi connectivity index (χ4v) is 2.72. The first-order valence-electron chi connectivity index (χ1n) is 6.22. The predicted molar refractivity (Wildman–Crippen MR) is 82.1 cm³/mol. The average molecular weight is 355 g/mol. The van der Waals surface area contributed by atoms with Gasteiger partial charge in [-0.3, -0.25) is 0 Å². The van der Waals surface area contributed by atoms with Crippen LogP contribution in [0.3, 0.4) is 0 Å². The fourth-order valence-electron chi connectivity index (χ4n) is 2.17. The van der Waals surface area contributed by atoms with Gasteiger partial charge < -0.3 is 8.98 Å². The van der Waals surface area contributed by atoms with Gasteiger partial charge in [0.1, 0.15) is 18.1 Å². The minimum Gasteiger partial charge on any atom is -0.444 e. The van der Waals surface area contributed by atoms with Crippen molar-refractivity contribution in [3.63, 3.8) is 0 Å². The molecule has 104 valence electrons. The maximum absolute atomic E-state index is 6.00. The normalized spacial score (nSPS) is 11.4. The van der Waals surface area contributed by atoms with E-state index >= 15 is 0 Å². The molecular formula is C14H13BrClN3O. The third-order valence-electron chi connectivity index (χ3n) is 3.28. The first kappa shape index (κ1) is 13.6. The van der Waals surface area contributed by atoms with E-state index in [1.807, 2.05) is 36.6 Å². The molecule has 0 atom stereocenters. The highest BCUT2D eigenvalue weighted by molar-refractivity contribution is 9.10. The summed E-state index contributed by atoms with van der Waals surface area (Å²) in [7, 11) is 0. The predicted octanol–water partition coefficient (Wildman–Crippen LogP) is 4.19. The van der Waals surface area contributed by atoms with Crippen molar-refractivity contribution in [1.82, 2.24) is 14.5 Å². The molecule has 0 N–H and O–H groups in total. The summed E-state index contributed by atoms with van der Waals surface area (Å²) >= 11 is 9.49. The Morgan fingerprint density at radius 1 is 1.30 bits per heavy atom. The van der Waals surface area contributed by atoms with Crippen LogP contribution in [-0.2, 0) is 12.4 Å². The van der Waals surface area contributed by atoms with E-state index in [9.17, 15) is 0 Å². The lowest BCUT2D eigenvalue weighted by Crippen LogP contribution is -2.04. The second-order valence-corrected chi connectivity index (χ2v) is 5.81. The third kappa shape index (κ3) is 2.36. The van der Waals surface area contributed by atoms with Gasteiger partial charge in [0.15, 0.2) is 0 Å². The lowest BCUT2D eigenvalue weighted by Gasteiger charge is -2.04. The molecule has 0 aliphatic carbocycles. The number of fused-ring (bicyclic) bond motifs is 1. The molecule has 0 radical (unpaired) electrons. The molecule has 0 aliphatic heterocycles. The van der Waals surface area contributed by atoms with Crippen LogP contribution in [-0.4, -0.2) is 14.5 Å². The Hall–Kier alpha value is -1.33. The molecule has 2 aromatic heterocycles. The molecule has 0 saturated heterocycles. The number of nitrogens with zero attached hydrogens (tertiary/aromatic N) is 3. The van der Waals surface area contributed by atoms with Crippen molar-refractivity contribution in [2.45, 2.75) is 26.3 Å². The van der Waals surface area contributed by atoms with E-state index in [1.54, 1.807) is 0 Å². The van der Waals surface area contributed by atoms with Crippen LogP contribution < -0.4 is 0 Å². The van der Waals surface area contributed by atoms with Crippen LogP contribution in [0, 0.1) is 13.8 Å². The SMILES string of the molecule is Cc1nc(Cn2c(CCl)nc3ccc(Br)cc32)oc1C. The van der Waals surface area contributed by atoms with Crippen molar-refractivity contribution in [1.29, 1.82) is 0 Å². The van der Waals surface area contributed by atoms with Crippen molar-refractivity contribution in [2.24, 2.45) is 0 Å². The molecular weight excluding hydrogens is 342 g/mol. The van der Waals surface area contributed by atoms with Gasteiger partial charge in [0.05, 0.1) is 22.6 Å². The zero-order chi connectivity index (χ0) is 14.3. The van der Waals surface area contributed by atoms with Gasteiger partial charge in [-0.15, -0.1) is 11.6 Å². The van der Waals surface area contributed by atoms with E-state index < -0.39 is 0 Å². The van der Waals surface area contributed by atoms with Gasteiger partial charge in [0, 0.05) is 4.47 Å². The number of imidazole rings is 1. The van der Waals surface area contributed by atoms with Gasteiger partial charge in [-0.1, -0.05) is 15.9 Å². The summed E-state index contributed by atoms with van der Waals surface area (Å²) in [5.41, 5.74) is 2.85. The Morgan fingerprint density at radius 3 is 2.75 bits per heavy atom. The zero-order valence-electron chi connectivity index (χ0n) is 11.2. The third-order valence-corrected chi connectivity index (χ3v) is 4.01. The molecule has 6 heteroatoms. The fraction of sp³-hybridized carbons (Fsp3) is 0.286. The first-order valence-corrected chi connectivity index (χ1v) is 7.55. The van der Waals surface area contributed by atoms with Crippen molar-refractivity contribution in [3.8, 4) is 0 Å². The Balaban J connectivity index is 2.11. The number of aryl methyl sites for hydroxylation is 2. The number of hydrogen-bond acceptors (Lipinski definition) is 3. The molecule has 3 rings (SSSR count). The Morgan fingerprint density at radius 2 is 2.10 bits per heavy atom. The van der Waals surface area contributed by atoms with E-state index in [0.29, 0.717) is 18.3 Å². The van der Waals surface area contributed by atoms with E-state index in [-0.39, 0.29) is 0 Å². The van der Waals surface area contributed by atoms with Gasteiger partial charge in [0.2, 0.25) is 5.89 Å². The molecule has 0 bridgehead atoms. The maximum Gasteiger partial charge on any atom is 0.214 e. The Kier molecular flexibility index (Phi) is 3.56. The van der Waals surface area contributed by atoms with Gasteiger partial charge >= 0.3 is 0 Å². The average Bonchev–Trinajstić information content (AvgIpc) is 2.91. The van der Waals surface area contributed by atoms with Crippen LogP contribution in [0.5, 0.6) is 0 Å². The van der Waals surface area contributed by atoms with Crippen LogP contribution in [0.2, 0.25) is 0 Å². The smallest absolute Gasteiger partial charge is 0.214 e. The summed E-state index contributed by atoms with van der Waals surface area (Å²) in [6.45, 7) is 4.38. The van der Waals surface area contributed by atoms with Crippen LogP contribution >= 0.6 is 27.5 Å². The monoisotopic (exact) mass is 353 g/mol. The number of oxazole rings is 1. The van der Waals surface area contributed by atoms with E-state index in [2.05, 4.69) is 25.9 Å². The highest BCUT2D eigenvalue weighted by Gasteiger charge is 2.14. The molecule has 4 nitrogen and oxygen atoms in total. The van der Waals surface area contributed by atoms with Crippen LogP contribution in [0.15, 0.2) is 27.1 Å². The van der Waals surface area contributed by atoms with Gasteiger partial charge in [-0.2, -0.15) is 0 Å². The standard InChI is InChI=1S/C14H13BrClN3O/c1-8-9(2)20-14(17-8)7-19-12-5-10(15)3-4-11(12)18-13(19)6-16/h3-5H,6-7H2,1-2H3. The second kappa shape index (κ2) is 5.22. The largest absolute Gasteiger partial charge is 0.444 e. The first-order chi connectivity index (χ1) is 9.58. The van der Waals surface area contributed by atoms with Crippen molar-refractivity contribution in [3.05, 3.63) is 45.8 Å².